The quantitative estimate of drug-likeness (QED) is 0.502. The minimum atomic E-state index is -0.492. The third-order valence-corrected chi connectivity index (χ3v) is 2.79. The van der Waals surface area contributed by atoms with Crippen molar-refractivity contribution in [2.45, 2.75) is 5.25 Å². The molecule has 0 aliphatic rings. The van der Waals surface area contributed by atoms with Crippen molar-refractivity contribution in [1.82, 2.24) is 19.5 Å². The van der Waals surface area contributed by atoms with Gasteiger partial charge in [-0.2, -0.15) is 12.6 Å². The standard InChI is InChI=1S/C9H9N5O2S/c1-13-7(14(15)16)5-12-9(13)8(17)6-4-10-2-3-11-6/h2-5,8,17H,1H3. The molecule has 0 amide bonds. The van der Waals surface area contributed by atoms with Gasteiger partial charge in [-0.15, -0.1) is 0 Å². The summed E-state index contributed by atoms with van der Waals surface area (Å²) in [6, 6.07) is 0. The Bertz CT molecular complexity index is 542. The summed E-state index contributed by atoms with van der Waals surface area (Å²) in [7, 11) is 1.57. The normalized spacial score (nSPS) is 12.4. The zero-order chi connectivity index (χ0) is 12.4. The number of imidazole rings is 1. The fourth-order valence-corrected chi connectivity index (χ4v) is 1.80. The Morgan fingerprint density at radius 2 is 2.18 bits per heavy atom. The summed E-state index contributed by atoms with van der Waals surface area (Å²) in [5, 5.41) is 10.2. The van der Waals surface area contributed by atoms with Crippen LogP contribution in [-0.2, 0) is 7.05 Å². The molecule has 0 bridgehead atoms. The Kier molecular flexibility index (Phi) is 3.05. The first kappa shape index (κ1) is 11.5. The van der Waals surface area contributed by atoms with Crippen molar-refractivity contribution < 1.29 is 4.92 Å². The number of hydrogen-bond donors (Lipinski definition) is 1. The minimum absolute atomic E-state index is 0.0806. The molecule has 0 fully saturated rings. The molecule has 0 aliphatic carbocycles. The van der Waals surface area contributed by atoms with Crippen LogP contribution >= 0.6 is 12.6 Å². The van der Waals surface area contributed by atoms with Crippen molar-refractivity contribution in [1.29, 1.82) is 0 Å². The van der Waals surface area contributed by atoms with Gasteiger partial charge in [0.2, 0.25) is 5.82 Å². The second kappa shape index (κ2) is 4.50. The van der Waals surface area contributed by atoms with Crippen LogP contribution in [0.25, 0.3) is 0 Å². The van der Waals surface area contributed by atoms with E-state index in [4.69, 9.17) is 0 Å². The van der Waals surface area contributed by atoms with Gasteiger partial charge in [-0.05, 0) is 4.92 Å². The molecule has 2 heterocycles. The second-order valence-corrected chi connectivity index (χ2v) is 3.84. The highest BCUT2D eigenvalue weighted by molar-refractivity contribution is 7.80. The molecule has 0 spiro atoms. The first-order valence-electron chi connectivity index (χ1n) is 4.71. The molecule has 8 heteroatoms. The molecule has 88 valence electrons. The predicted octanol–water partition coefficient (Wildman–Crippen LogP) is 1.14. The summed E-state index contributed by atoms with van der Waals surface area (Å²) in [4.78, 5) is 22.2. The third kappa shape index (κ3) is 2.11. The summed E-state index contributed by atoms with van der Waals surface area (Å²) in [6.07, 6.45) is 5.84. The maximum Gasteiger partial charge on any atom is 0.342 e. The van der Waals surface area contributed by atoms with E-state index >= 15 is 0 Å². The van der Waals surface area contributed by atoms with Crippen molar-refractivity contribution in [2.75, 3.05) is 0 Å². The van der Waals surface area contributed by atoms with Gasteiger partial charge in [-0.1, -0.05) is 0 Å². The number of nitro groups is 1. The van der Waals surface area contributed by atoms with Gasteiger partial charge in [0.15, 0.2) is 0 Å². The van der Waals surface area contributed by atoms with Gasteiger partial charge < -0.3 is 10.1 Å². The van der Waals surface area contributed by atoms with Crippen LogP contribution in [0.5, 0.6) is 0 Å². The topological polar surface area (TPSA) is 86.7 Å². The van der Waals surface area contributed by atoms with E-state index in [1.165, 1.54) is 17.0 Å². The second-order valence-electron chi connectivity index (χ2n) is 3.32. The molecule has 0 saturated heterocycles. The van der Waals surface area contributed by atoms with Gasteiger partial charge in [0.1, 0.15) is 11.4 Å². The number of thiol groups is 1. The zero-order valence-electron chi connectivity index (χ0n) is 8.89. The average molecular weight is 251 g/mol. The van der Waals surface area contributed by atoms with Crippen molar-refractivity contribution in [3.05, 3.63) is 46.4 Å². The molecule has 17 heavy (non-hydrogen) atoms. The Morgan fingerprint density at radius 3 is 2.71 bits per heavy atom. The first-order chi connectivity index (χ1) is 8.11. The van der Waals surface area contributed by atoms with E-state index < -0.39 is 10.2 Å². The Hall–Kier alpha value is -1.96. The maximum absolute atomic E-state index is 10.7. The lowest BCUT2D eigenvalue weighted by Gasteiger charge is -2.06. The zero-order valence-corrected chi connectivity index (χ0v) is 9.78. The largest absolute Gasteiger partial charge is 0.358 e. The van der Waals surface area contributed by atoms with Gasteiger partial charge in [-0.3, -0.25) is 9.97 Å². The maximum atomic E-state index is 10.7. The number of rotatable bonds is 3. The lowest BCUT2D eigenvalue weighted by Crippen LogP contribution is -2.06. The Labute approximate surface area is 102 Å². The first-order valence-corrected chi connectivity index (χ1v) is 5.23. The van der Waals surface area contributed by atoms with Crippen LogP contribution in [0.1, 0.15) is 16.8 Å². The van der Waals surface area contributed by atoms with Crippen LogP contribution in [0.4, 0.5) is 5.82 Å². The van der Waals surface area contributed by atoms with E-state index in [-0.39, 0.29) is 5.82 Å². The molecule has 0 saturated carbocycles. The van der Waals surface area contributed by atoms with Crippen molar-refractivity contribution >= 4 is 18.4 Å². The van der Waals surface area contributed by atoms with Crippen LogP contribution in [0, 0.1) is 10.1 Å². The lowest BCUT2D eigenvalue weighted by molar-refractivity contribution is -0.391. The molecule has 2 aromatic heterocycles. The molecule has 2 rings (SSSR count). The summed E-state index contributed by atoms with van der Waals surface area (Å²) >= 11 is 4.35. The molecule has 0 aliphatic heterocycles. The number of hydrogen-bond acceptors (Lipinski definition) is 6. The number of aromatic nitrogens is 4. The third-order valence-electron chi connectivity index (χ3n) is 2.29. The fourth-order valence-electron chi connectivity index (χ4n) is 1.42. The highest BCUT2D eigenvalue weighted by Crippen LogP contribution is 2.27. The van der Waals surface area contributed by atoms with E-state index in [2.05, 4.69) is 27.6 Å². The molecule has 1 unspecified atom stereocenters. The van der Waals surface area contributed by atoms with Crippen LogP contribution in [0.2, 0.25) is 0 Å². The molecule has 0 radical (unpaired) electrons. The van der Waals surface area contributed by atoms with Crippen LogP contribution in [0.15, 0.2) is 24.8 Å². The summed E-state index contributed by atoms with van der Waals surface area (Å²) in [5.41, 5.74) is 0.597. The summed E-state index contributed by atoms with van der Waals surface area (Å²) < 4.78 is 1.38. The molecular weight excluding hydrogens is 242 g/mol. The Morgan fingerprint density at radius 1 is 1.41 bits per heavy atom. The van der Waals surface area contributed by atoms with Gasteiger partial charge in [0.05, 0.1) is 18.9 Å². The molecular formula is C9H9N5O2S. The molecule has 1 atom stereocenters. The minimum Gasteiger partial charge on any atom is -0.358 e. The molecule has 2 aromatic rings. The van der Waals surface area contributed by atoms with Crippen LogP contribution in [-0.4, -0.2) is 24.4 Å². The van der Waals surface area contributed by atoms with E-state index in [0.29, 0.717) is 11.5 Å². The Balaban J connectivity index is 2.39. The van der Waals surface area contributed by atoms with Gasteiger partial charge in [0, 0.05) is 12.4 Å². The van der Waals surface area contributed by atoms with E-state index in [1.807, 2.05) is 0 Å². The smallest absolute Gasteiger partial charge is 0.342 e. The SMILES string of the molecule is Cn1c([N+](=O)[O-])cnc1C(S)c1cnccn1. The summed E-state index contributed by atoms with van der Waals surface area (Å²) in [6.45, 7) is 0. The predicted molar refractivity (Wildman–Crippen MR) is 62.7 cm³/mol. The van der Waals surface area contributed by atoms with E-state index in [9.17, 15) is 10.1 Å². The summed E-state index contributed by atoms with van der Waals surface area (Å²) in [5.74, 6) is 0.378. The van der Waals surface area contributed by atoms with E-state index in [0.717, 1.165) is 0 Å². The van der Waals surface area contributed by atoms with Crippen molar-refractivity contribution in [3.8, 4) is 0 Å². The van der Waals surface area contributed by atoms with E-state index in [1.54, 1.807) is 19.4 Å². The fraction of sp³-hybridized carbons (Fsp3) is 0.222. The van der Waals surface area contributed by atoms with Crippen LogP contribution < -0.4 is 0 Å². The van der Waals surface area contributed by atoms with Gasteiger partial charge in [-0.25, -0.2) is 9.55 Å². The van der Waals surface area contributed by atoms with Gasteiger partial charge >= 0.3 is 5.82 Å². The van der Waals surface area contributed by atoms with Crippen molar-refractivity contribution in [2.24, 2.45) is 7.05 Å². The molecule has 0 aromatic carbocycles. The lowest BCUT2D eigenvalue weighted by atomic mass is 10.3. The van der Waals surface area contributed by atoms with Crippen LogP contribution in [0.3, 0.4) is 0 Å². The molecule has 7 nitrogen and oxygen atoms in total. The van der Waals surface area contributed by atoms with Crippen molar-refractivity contribution in [3.63, 3.8) is 0 Å². The highest BCUT2D eigenvalue weighted by atomic mass is 32.1. The van der Waals surface area contributed by atoms with Gasteiger partial charge in [0.25, 0.3) is 0 Å². The molecule has 0 N–H and O–H groups in total. The number of nitrogens with zero attached hydrogens (tertiary/aromatic N) is 5. The average Bonchev–Trinajstić information content (AvgIpc) is 2.71. The highest BCUT2D eigenvalue weighted by Gasteiger charge is 2.24. The monoisotopic (exact) mass is 251 g/mol.